The summed E-state index contributed by atoms with van der Waals surface area (Å²) in [5.41, 5.74) is 9.47. The van der Waals surface area contributed by atoms with Crippen LogP contribution in [-0.4, -0.2) is 38.9 Å². The van der Waals surface area contributed by atoms with E-state index in [-0.39, 0.29) is 11.9 Å². The number of esters is 1. The van der Waals surface area contributed by atoms with Gasteiger partial charge in [0.15, 0.2) is 0 Å². The summed E-state index contributed by atoms with van der Waals surface area (Å²) in [6.45, 7) is 9.17. The molecular weight excluding hydrogens is 328 g/mol. The lowest BCUT2D eigenvalue weighted by Crippen LogP contribution is -2.42. The van der Waals surface area contributed by atoms with E-state index in [0.717, 1.165) is 56.0 Å². The molecule has 1 fully saturated rings. The van der Waals surface area contributed by atoms with Crippen molar-refractivity contribution < 1.29 is 14.3 Å². The van der Waals surface area contributed by atoms with E-state index in [1.807, 2.05) is 6.07 Å². The van der Waals surface area contributed by atoms with Crippen LogP contribution in [0.4, 0.5) is 11.4 Å². The highest BCUT2D eigenvalue weighted by Gasteiger charge is 2.25. The van der Waals surface area contributed by atoms with E-state index < -0.39 is 0 Å². The van der Waals surface area contributed by atoms with Crippen LogP contribution in [0.1, 0.15) is 57.9 Å². The van der Waals surface area contributed by atoms with Gasteiger partial charge in [-0.2, -0.15) is 0 Å². The van der Waals surface area contributed by atoms with E-state index in [1.54, 1.807) is 0 Å². The van der Waals surface area contributed by atoms with Crippen LogP contribution in [0, 0.1) is 5.92 Å². The van der Waals surface area contributed by atoms with Gasteiger partial charge < -0.3 is 20.1 Å². The normalized spacial score (nSPS) is 16.5. The van der Waals surface area contributed by atoms with Crippen LogP contribution in [0.15, 0.2) is 18.2 Å². The van der Waals surface area contributed by atoms with Crippen molar-refractivity contribution in [2.75, 3.05) is 37.5 Å². The molecule has 0 amide bonds. The number of anilines is 2. The quantitative estimate of drug-likeness (QED) is 0.560. The molecule has 1 saturated heterocycles. The number of ether oxygens (including phenoxy) is 2. The summed E-state index contributed by atoms with van der Waals surface area (Å²) in [4.78, 5) is 14.1. The highest BCUT2D eigenvalue weighted by Crippen LogP contribution is 2.33. The third kappa shape index (κ3) is 5.37. The predicted octanol–water partition coefficient (Wildman–Crippen LogP) is 3.97. The Labute approximate surface area is 157 Å². The largest absolute Gasteiger partial charge is 0.469 e. The van der Waals surface area contributed by atoms with Gasteiger partial charge in [0.05, 0.1) is 24.9 Å². The molecular formula is C21H34N2O3. The summed E-state index contributed by atoms with van der Waals surface area (Å²) in [6.07, 6.45) is 3.34. The van der Waals surface area contributed by atoms with Gasteiger partial charge in [-0.25, -0.2) is 0 Å². The van der Waals surface area contributed by atoms with Gasteiger partial charge in [-0.1, -0.05) is 26.8 Å². The minimum atomic E-state index is -0.178. The van der Waals surface area contributed by atoms with E-state index in [2.05, 4.69) is 37.8 Å². The van der Waals surface area contributed by atoms with Crippen LogP contribution in [0.5, 0.6) is 0 Å². The molecule has 0 saturated carbocycles. The second-order valence-corrected chi connectivity index (χ2v) is 7.59. The summed E-state index contributed by atoms with van der Waals surface area (Å²) in [5, 5.41) is 0. The summed E-state index contributed by atoms with van der Waals surface area (Å²) >= 11 is 0. The number of methoxy groups -OCH3 is 1. The Morgan fingerprint density at radius 1 is 1.35 bits per heavy atom. The van der Waals surface area contributed by atoms with Gasteiger partial charge in [-0.3, -0.25) is 4.79 Å². The number of benzene rings is 1. The van der Waals surface area contributed by atoms with Gasteiger partial charge >= 0.3 is 5.97 Å². The highest BCUT2D eigenvalue weighted by molar-refractivity contribution is 5.72. The summed E-state index contributed by atoms with van der Waals surface area (Å²) in [7, 11) is 1.43. The number of hydrogen-bond donors (Lipinski definition) is 1. The number of rotatable bonds is 8. The average molecular weight is 363 g/mol. The molecule has 0 spiro atoms. The van der Waals surface area contributed by atoms with Crippen LogP contribution >= 0.6 is 0 Å². The van der Waals surface area contributed by atoms with Crippen molar-refractivity contribution >= 4 is 17.3 Å². The van der Waals surface area contributed by atoms with E-state index in [1.165, 1.54) is 7.11 Å². The van der Waals surface area contributed by atoms with Crippen molar-refractivity contribution in [2.24, 2.45) is 5.92 Å². The molecule has 1 aromatic carbocycles. The zero-order valence-corrected chi connectivity index (χ0v) is 16.7. The van der Waals surface area contributed by atoms with Crippen molar-refractivity contribution in [3.63, 3.8) is 0 Å². The second kappa shape index (κ2) is 9.81. The molecule has 0 aromatic heterocycles. The molecule has 0 bridgehead atoms. The Morgan fingerprint density at radius 3 is 2.58 bits per heavy atom. The average Bonchev–Trinajstić information content (AvgIpc) is 2.64. The van der Waals surface area contributed by atoms with Crippen LogP contribution in [0.3, 0.4) is 0 Å². The second-order valence-electron chi connectivity index (χ2n) is 7.59. The van der Waals surface area contributed by atoms with Crippen molar-refractivity contribution in [3.05, 3.63) is 23.8 Å². The number of nitrogens with zero attached hydrogens (tertiary/aromatic N) is 1. The zero-order valence-electron chi connectivity index (χ0n) is 16.7. The topological polar surface area (TPSA) is 64.8 Å². The number of nitrogen functional groups attached to an aromatic ring is 1. The standard InChI is InChI=1S/C21H34N2O3/c1-5-16(13-21(24)25-4)17-6-7-20(19(22)12-17)23(14-15(2)3)18-8-10-26-11-9-18/h6-7,12,15-16,18H,5,8-11,13-14,22H2,1-4H3. The SMILES string of the molecule is CCC(CC(=O)OC)c1ccc(N(CC(C)C)C2CCOCC2)c(N)c1. The predicted molar refractivity (Wildman–Crippen MR) is 107 cm³/mol. The van der Waals surface area contributed by atoms with Gasteiger partial charge in [-0.05, 0) is 48.8 Å². The first-order valence-electron chi connectivity index (χ1n) is 9.76. The van der Waals surface area contributed by atoms with E-state index in [9.17, 15) is 4.79 Å². The summed E-state index contributed by atoms with van der Waals surface area (Å²) < 4.78 is 10.4. The Balaban J connectivity index is 2.25. The van der Waals surface area contributed by atoms with Crippen molar-refractivity contribution in [2.45, 2.75) is 58.4 Å². The molecule has 1 aromatic rings. The van der Waals surface area contributed by atoms with E-state index in [0.29, 0.717) is 18.4 Å². The fourth-order valence-corrected chi connectivity index (χ4v) is 3.71. The summed E-state index contributed by atoms with van der Waals surface area (Å²) in [6, 6.07) is 6.76. The molecule has 1 aliphatic rings. The molecule has 5 nitrogen and oxygen atoms in total. The Hall–Kier alpha value is -1.75. The van der Waals surface area contributed by atoms with Crippen LogP contribution < -0.4 is 10.6 Å². The molecule has 26 heavy (non-hydrogen) atoms. The minimum Gasteiger partial charge on any atom is -0.469 e. The van der Waals surface area contributed by atoms with Gasteiger partial charge in [0.2, 0.25) is 0 Å². The first-order valence-corrected chi connectivity index (χ1v) is 9.76. The maximum absolute atomic E-state index is 11.7. The lowest BCUT2D eigenvalue weighted by Gasteiger charge is -2.38. The van der Waals surface area contributed by atoms with Crippen LogP contribution in [0.2, 0.25) is 0 Å². The molecule has 0 aliphatic carbocycles. The smallest absolute Gasteiger partial charge is 0.306 e. The molecule has 2 N–H and O–H groups in total. The third-order valence-corrected chi connectivity index (χ3v) is 5.16. The van der Waals surface area contributed by atoms with Crippen molar-refractivity contribution in [3.8, 4) is 0 Å². The number of carbonyl (C=O) groups excluding carboxylic acids is 1. The van der Waals surface area contributed by atoms with E-state index >= 15 is 0 Å². The van der Waals surface area contributed by atoms with Crippen molar-refractivity contribution in [1.29, 1.82) is 0 Å². The Kier molecular flexibility index (Phi) is 7.76. The Morgan fingerprint density at radius 2 is 2.04 bits per heavy atom. The van der Waals surface area contributed by atoms with Crippen LogP contribution in [0.25, 0.3) is 0 Å². The fraction of sp³-hybridized carbons (Fsp3) is 0.667. The zero-order chi connectivity index (χ0) is 19.1. The monoisotopic (exact) mass is 362 g/mol. The van der Waals surface area contributed by atoms with Gasteiger partial charge in [0.1, 0.15) is 0 Å². The maximum Gasteiger partial charge on any atom is 0.306 e. The lowest BCUT2D eigenvalue weighted by molar-refractivity contribution is -0.141. The first-order chi connectivity index (χ1) is 12.5. The third-order valence-electron chi connectivity index (χ3n) is 5.16. The molecule has 0 radical (unpaired) electrons. The summed E-state index contributed by atoms with van der Waals surface area (Å²) in [5.74, 6) is 0.517. The van der Waals surface area contributed by atoms with Crippen LogP contribution in [-0.2, 0) is 14.3 Å². The molecule has 2 rings (SSSR count). The molecule has 1 heterocycles. The molecule has 1 aliphatic heterocycles. The fourth-order valence-electron chi connectivity index (χ4n) is 3.71. The highest BCUT2D eigenvalue weighted by atomic mass is 16.5. The Bertz CT molecular complexity index is 583. The number of carbonyl (C=O) groups is 1. The van der Waals surface area contributed by atoms with Crippen molar-refractivity contribution in [1.82, 2.24) is 0 Å². The maximum atomic E-state index is 11.7. The van der Waals surface area contributed by atoms with E-state index in [4.69, 9.17) is 15.2 Å². The van der Waals surface area contributed by atoms with Gasteiger partial charge in [-0.15, -0.1) is 0 Å². The number of nitrogens with two attached hydrogens (primary N) is 1. The minimum absolute atomic E-state index is 0.139. The first kappa shape index (κ1) is 20.6. The van der Waals surface area contributed by atoms with Gasteiger partial charge in [0, 0.05) is 25.8 Å². The van der Waals surface area contributed by atoms with Gasteiger partial charge in [0.25, 0.3) is 0 Å². The lowest BCUT2D eigenvalue weighted by atomic mass is 9.92. The molecule has 146 valence electrons. The number of hydrogen-bond acceptors (Lipinski definition) is 5. The molecule has 5 heteroatoms. The molecule has 1 atom stereocenters. The molecule has 1 unspecified atom stereocenters.